The average molecular weight is 158 g/mol. The second-order valence-corrected chi connectivity index (χ2v) is 1.74. The lowest BCUT2D eigenvalue weighted by Gasteiger charge is -2.09. The number of aliphatic hydroxyl groups is 1. The van der Waals surface area contributed by atoms with Gasteiger partial charge in [0.25, 0.3) is 0 Å². The van der Waals surface area contributed by atoms with Crippen molar-refractivity contribution in [3.63, 3.8) is 0 Å². The summed E-state index contributed by atoms with van der Waals surface area (Å²) < 4.78 is 36.3. The van der Waals surface area contributed by atoms with Crippen molar-refractivity contribution in [2.24, 2.45) is 0 Å². The lowest BCUT2D eigenvalue weighted by atomic mass is 10.4. The van der Waals surface area contributed by atoms with Crippen molar-refractivity contribution >= 4 is 0 Å². The van der Waals surface area contributed by atoms with E-state index in [0.717, 1.165) is 13.2 Å². The van der Waals surface area contributed by atoms with E-state index in [1.165, 1.54) is 6.42 Å². The van der Waals surface area contributed by atoms with Gasteiger partial charge in [0.1, 0.15) is 6.61 Å². The van der Waals surface area contributed by atoms with Crippen LogP contribution >= 0.6 is 0 Å². The number of halogens is 3. The molecule has 5 heteroatoms. The van der Waals surface area contributed by atoms with Crippen molar-refractivity contribution in [1.82, 2.24) is 0 Å². The van der Waals surface area contributed by atoms with Gasteiger partial charge >= 0.3 is 6.18 Å². The zero-order valence-electron chi connectivity index (χ0n) is 5.32. The molecule has 0 amide bonds. The maximum absolute atomic E-state index is 10.5. The third-order valence-corrected chi connectivity index (χ3v) is 0.757. The Morgan fingerprint density at radius 3 is 1.50 bits per heavy atom. The third kappa shape index (κ3) is 7.71. The van der Waals surface area contributed by atoms with Crippen molar-refractivity contribution in [3.05, 3.63) is 0 Å². The Morgan fingerprint density at radius 1 is 1.30 bits per heavy atom. The lowest BCUT2D eigenvalue weighted by molar-refractivity contribution is -0.159. The summed E-state index contributed by atoms with van der Waals surface area (Å²) in [6.45, 7) is 0.271. The molecule has 0 aromatic carbocycles. The van der Waals surface area contributed by atoms with Gasteiger partial charge in [0.15, 0.2) is 0 Å². The van der Waals surface area contributed by atoms with E-state index < -0.39 is 12.8 Å². The first kappa shape index (κ1) is 9.71. The molecule has 1 aliphatic heterocycles. The Labute approximate surface area is 56.6 Å². The predicted molar refractivity (Wildman–Crippen MR) is 28.6 cm³/mol. The summed E-state index contributed by atoms with van der Waals surface area (Å²) in [4.78, 5) is 0. The highest BCUT2D eigenvalue weighted by atomic mass is 19.4. The molecule has 0 saturated carbocycles. The van der Waals surface area contributed by atoms with E-state index in [-0.39, 0.29) is 0 Å². The molecular weight excluding hydrogens is 149 g/mol. The molecule has 1 saturated heterocycles. The summed E-state index contributed by atoms with van der Waals surface area (Å²) >= 11 is 0. The number of alkyl halides is 3. The molecule has 1 aliphatic rings. The van der Waals surface area contributed by atoms with E-state index >= 15 is 0 Å². The molecule has 0 aromatic heterocycles. The fraction of sp³-hybridized carbons (Fsp3) is 1.00. The molecule has 0 unspecified atom stereocenters. The van der Waals surface area contributed by atoms with Crippen LogP contribution in [0.2, 0.25) is 0 Å². The zero-order chi connectivity index (χ0) is 8.04. The predicted octanol–water partition coefficient (Wildman–Crippen LogP) is 0.948. The highest BCUT2D eigenvalue weighted by Crippen LogP contribution is 2.11. The molecule has 1 fully saturated rings. The summed E-state index contributed by atoms with van der Waals surface area (Å²) in [5, 5.41) is 7.28. The Morgan fingerprint density at radius 2 is 1.50 bits per heavy atom. The monoisotopic (exact) mass is 158 g/mol. The Hall–Kier alpha value is -0.290. The van der Waals surface area contributed by atoms with Crippen molar-refractivity contribution < 1.29 is 23.0 Å². The molecule has 1 heterocycles. The Balaban J connectivity index is 0.000000172. The summed E-state index contributed by atoms with van der Waals surface area (Å²) in [7, 11) is 0. The number of ether oxygens (including phenoxy) is 1. The molecular formula is C5H9F3O2. The molecule has 1 rings (SSSR count). The second-order valence-electron chi connectivity index (χ2n) is 1.74. The number of hydrogen-bond donors (Lipinski definition) is 1. The highest BCUT2D eigenvalue weighted by Gasteiger charge is 2.24. The molecule has 1 N–H and O–H groups in total. The highest BCUT2D eigenvalue weighted by molar-refractivity contribution is 4.41. The maximum Gasteiger partial charge on any atom is 0.411 e. The SMILES string of the molecule is C1COC1.OCC(F)(F)F. The molecule has 0 atom stereocenters. The Bertz CT molecular complexity index is 73.5. The number of rotatable bonds is 0. The first-order valence-electron chi connectivity index (χ1n) is 2.81. The van der Waals surface area contributed by atoms with Crippen LogP contribution in [-0.4, -0.2) is 31.1 Å². The quantitative estimate of drug-likeness (QED) is 0.568. The van der Waals surface area contributed by atoms with Crippen molar-refractivity contribution in [1.29, 1.82) is 0 Å². The minimum atomic E-state index is -4.40. The fourth-order valence-electron chi connectivity index (χ4n) is 0.144. The van der Waals surface area contributed by atoms with Crippen molar-refractivity contribution in [2.75, 3.05) is 19.8 Å². The van der Waals surface area contributed by atoms with E-state index in [1.807, 2.05) is 0 Å². The van der Waals surface area contributed by atoms with Crippen LogP contribution in [0.3, 0.4) is 0 Å². The first-order valence-corrected chi connectivity index (χ1v) is 2.81. The summed E-state index contributed by atoms with van der Waals surface area (Å²) in [5.41, 5.74) is 0. The van der Waals surface area contributed by atoms with Crippen LogP contribution in [0.5, 0.6) is 0 Å². The van der Waals surface area contributed by atoms with Gasteiger partial charge in [0.05, 0.1) is 0 Å². The number of aliphatic hydroxyl groups excluding tert-OH is 1. The maximum atomic E-state index is 10.5. The third-order valence-electron chi connectivity index (χ3n) is 0.757. The van der Waals surface area contributed by atoms with Gasteiger partial charge in [0, 0.05) is 13.2 Å². The van der Waals surface area contributed by atoms with E-state index in [9.17, 15) is 13.2 Å². The first-order chi connectivity index (χ1) is 4.56. The van der Waals surface area contributed by atoms with Gasteiger partial charge in [-0.15, -0.1) is 0 Å². The van der Waals surface area contributed by atoms with E-state index in [2.05, 4.69) is 0 Å². The van der Waals surface area contributed by atoms with E-state index in [1.54, 1.807) is 0 Å². The molecule has 10 heavy (non-hydrogen) atoms. The van der Waals surface area contributed by atoms with Gasteiger partial charge < -0.3 is 9.84 Å². The minimum absolute atomic E-state index is 1.00. The van der Waals surface area contributed by atoms with E-state index in [4.69, 9.17) is 9.84 Å². The smallest absolute Gasteiger partial charge is 0.387 e. The zero-order valence-corrected chi connectivity index (χ0v) is 5.32. The largest absolute Gasteiger partial charge is 0.411 e. The summed E-state index contributed by atoms with van der Waals surface area (Å²) in [6.07, 6.45) is -3.12. The summed E-state index contributed by atoms with van der Waals surface area (Å²) in [6, 6.07) is 0. The average Bonchev–Trinajstić information content (AvgIpc) is 1.59. The second kappa shape index (κ2) is 4.51. The molecule has 2 nitrogen and oxygen atoms in total. The van der Waals surface area contributed by atoms with Crippen LogP contribution in [0.25, 0.3) is 0 Å². The molecule has 0 bridgehead atoms. The van der Waals surface area contributed by atoms with Crippen LogP contribution in [0, 0.1) is 0 Å². The molecule has 62 valence electrons. The topological polar surface area (TPSA) is 29.5 Å². The number of hydrogen-bond acceptors (Lipinski definition) is 2. The van der Waals surface area contributed by atoms with Crippen LogP contribution in [-0.2, 0) is 4.74 Å². The van der Waals surface area contributed by atoms with Gasteiger partial charge in [-0.1, -0.05) is 0 Å². The van der Waals surface area contributed by atoms with Gasteiger partial charge in [-0.2, -0.15) is 13.2 Å². The molecule has 0 radical (unpaired) electrons. The lowest BCUT2D eigenvalue weighted by Crippen LogP contribution is -2.12. The molecule has 0 aliphatic carbocycles. The van der Waals surface area contributed by atoms with Crippen LogP contribution in [0.1, 0.15) is 6.42 Å². The van der Waals surface area contributed by atoms with Gasteiger partial charge in [-0.3, -0.25) is 0 Å². The standard InChI is InChI=1S/C3H6O.C2H3F3O/c1-2-4-3-1;3-2(4,5)1-6/h1-3H2;6H,1H2. The molecule has 0 spiro atoms. The normalized spacial score (nSPS) is 16.8. The van der Waals surface area contributed by atoms with Crippen LogP contribution < -0.4 is 0 Å². The summed E-state index contributed by atoms with van der Waals surface area (Å²) in [5.74, 6) is 0. The Kier molecular flexibility index (Phi) is 4.38. The fourth-order valence-corrected chi connectivity index (χ4v) is 0.144. The van der Waals surface area contributed by atoms with E-state index in [0.29, 0.717) is 0 Å². The van der Waals surface area contributed by atoms with Gasteiger partial charge in [-0.05, 0) is 6.42 Å². The van der Waals surface area contributed by atoms with Crippen molar-refractivity contribution in [2.45, 2.75) is 12.6 Å². The van der Waals surface area contributed by atoms with Crippen LogP contribution in [0.15, 0.2) is 0 Å². The van der Waals surface area contributed by atoms with Crippen molar-refractivity contribution in [3.8, 4) is 0 Å². The minimum Gasteiger partial charge on any atom is -0.387 e. The van der Waals surface area contributed by atoms with Gasteiger partial charge in [0.2, 0.25) is 0 Å². The molecule has 0 aromatic rings. The van der Waals surface area contributed by atoms with Crippen LogP contribution in [0.4, 0.5) is 13.2 Å². The van der Waals surface area contributed by atoms with Gasteiger partial charge in [-0.25, -0.2) is 0 Å².